The van der Waals surface area contributed by atoms with Crippen LogP contribution in [-0.2, 0) is 14.3 Å². The highest BCUT2D eigenvalue weighted by molar-refractivity contribution is 5.78. The van der Waals surface area contributed by atoms with Gasteiger partial charge in [0.05, 0.1) is 18.6 Å². The normalized spacial score (nSPS) is 21.6. The molecule has 144 valence electrons. The van der Waals surface area contributed by atoms with Crippen LogP contribution in [0.15, 0.2) is 60.7 Å². The summed E-state index contributed by atoms with van der Waals surface area (Å²) in [5.41, 5.74) is 2.22. The van der Waals surface area contributed by atoms with Crippen molar-refractivity contribution in [2.24, 2.45) is 0 Å². The van der Waals surface area contributed by atoms with E-state index in [2.05, 4.69) is 24.0 Å². The van der Waals surface area contributed by atoms with Gasteiger partial charge in [-0.05, 0) is 24.5 Å². The standard InChI is InChI=1S/C23H29NO3/c1-3-21(19-10-6-4-7-11-19)23(25)27-17-15-24-14-16-26-22(18(24)2)20-12-8-5-9-13-20/h4-13,18,21-22H,3,14-17H2,1-2H3/t18-,21-,22-/m0/s1. The summed E-state index contributed by atoms with van der Waals surface area (Å²) in [5.74, 6) is -0.324. The van der Waals surface area contributed by atoms with E-state index in [0.29, 0.717) is 13.2 Å². The molecule has 1 heterocycles. The van der Waals surface area contributed by atoms with Crippen molar-refractivity contribution in [1.29, 1.82) is 0 Å². The summed E-state index contributed by atoms with van der Waals surface area (Å²) in [6.07, 6.45) is 0.802. The first-order valence-corrected chi connectivity index (χ1v) is 9.83. The van der Waals surface area contributed by atoms with E-state index in [1.165, 1.54) is 5.56 Å². The number of morpholine rings is 1. The summed E-state index contributed by atoms with van der Waals surface area (Å²) in [6.45, 7) is 6.89. The number of esters is 1. The maximum atomic E-state index is 12.5. The number of carbonyl (C=O) groups excluding carboxylic acids is 1. The molecule has 3 rings (SSSR count). The highest BCUT2D eigenvalue weighted by atomic mass is 16.5. The van der Waals surface area contributed by atoms with Crippen molar-refractivity contribution >= 4 is 5.97 Å². The smallest absolute Gasteiger partial charge is 0.313 e. The Kier molecular flexibility index (Phi) is 7.02. The van der Waals surface area contributed by atoms with Gasteiger partial charge in [0.2, 0.25) is 0 Å². The van der Waals surface area contributed by atoms with Crippen molar-refractivity contribution in [3.63, 3.8) is 0 Å². The maximum absolute atomic E-state index is 12.5. The summed E-state index contributed by atoms with van der Waals surface area (Å²) in [4.78, 5) is 14.9. The first-order chi connectivity index (χ1) is 13.2. The number of carbonyl (C=O) groups is 1. The van der Waals surface area contributed by atoms with Gasteiger partial charge in [-0.1, -0.05) is 67.6 Å². The molecule has 4 nitrogen and oxygen atoms in total. The summed E-state index contributed by atoms with van der Waals surface area (Å²) in [6, 6.07) is 20.4. The second kappa shape index (κ2) is 9.67. The molecule has 0 aliphatic carbocycles. The first-order valence-electron chi connectivity index (χ1n) is 9.83. The molecular weight excluding hydrogens is 338 g/mol. The van der Waals surface area contributed by atoms with Gasteiger partial charge in [-0.25, -0.2) is 0 Å². The van der Waals surface area contributed by atoms with Gasteiger partial charge in [-0.15, -0.1) is 0 Å². The maximum Gasteiger partial charge on any atom is 0.313 e. The predicted molar refractivity (Wildman–Crippen MR) is 107 cm³/mol. The Labute approximate surface area is 162 Å². The summed E-state index contributed by atoms with van der Waals surface area (Å²) < 4.78 is 11.6. The third-order valence-corrected chi connectivity index (χ3v) is 5.34. The van der Waals surface area contributed by atoms with Crippen LogP contribution in [0.3, 0.4) is 0 Å². The number of hydrogen-bond donors (Lipinski definition) is 0. The third kappa shape index (κ3) is 4.96. The summed E-state index contributed by atoms with van der Waals surface area (Å²) in [5, 5.41) is 0. The number of nitrogens with zero attached hydrogens (tertiary/aromatic N) is 1. The fourth-order valence-electron chi connectivity index (χ4n) is 3.75. The highest BCUT2D eigenvalue weighted by Crippen LogP contribution is 2.28. The van der Waals surface area contributed by atoms with Crippen molar-refractivity contribution < 1.29 is 14.3 Å². The Morgan fingerprint density at radius 1 is 1.15 bits per heavy atom. The quantitative estimate of drug-likeness (QED) is 0.688. The van der Waals surface area contributed by atoms with Gasteiger partial charge in [-0.3, -0.25) is 9.69 Å². The van der Waals surface area contributed by atoms with E-state index in [1.54, 1.807) is 0 Å². The van der Waals surface area contributed by atoms with Crippen LogP contribution in [0.4, 0.5) is 0 Å². The molecule has 0 unspecified atom stereocenters. The summed E-state index contributed by atoms with van der Waals surface area (Å²) in [7, 11) is 0. The van der Waals surface area contributed by atoms with E-state index in [0.717, 1.165) is 25.1 Å². The topological polar surface area (TPSA) is 38.8 Å². The predicted octanol–water partition coefficient (Wildman–Crippen LogP) is 4.19. The molecule has 27 heavy (non-hydrogen) atoms. The molecule has 1 aliphatic rings. The molecule has 2 aromatic carbocycles. The van der Waals surface area contributed by atoms with Crippen LogP contribution in [0.1, 0.15) is 43.4 Å². The number of ether oxygens (including phenoxy) is 2. The fraction of sp³-hybridized carbons (Fsp3) is 0.435. The third-order valence-electron chi connectivity index (χ3n) is 5.34. The SMILES string of the molecule is CC[C@H](C(=O)OCCN1CCO[C@H](c2ccccc2)[C@@H]1C)c1ccccc1. The van der Waals surface area contributed by atoms with Crippen LogP contribution in [-0.4, -0.2) is 43.2 Å². The number of benzene rings is 2. The molecule has 0 bridgehead atoms. The average Bonchev–Trinajstić information content (AvgIpc) is 2.71. The lowest BCUT2D eigenvalue weighted by atomic mass is 9.97. The second-order valence-electron chi connectivity index (χ2n) is 7.02. The van der Waals surface area contributed by atoms with Gasteiger partial charge >= 0.3 is 5.97 Å². The van der Waals surface area contributed by atoms with Crippen LogP contribution in [0, 0.1) is 0 Å². The van der Waals surface area contributed by atoms with Gasteiger partial charge < -0.3 is 9.47 Å². The van der Waals surface area contributed by atoms with Crippen LogP contribution in [0.2, 0.25) is 0 Å². The van der Waals surface area contributed by atoms with E-state index in [1.807, 2.05) is 55.5 Å². The minimum absolute atomic E-state index is 0.0587. The molecule has 0 aromatic heterocycles. The zero-order chi connectivity index (χ0) is 19.1. The highest BCUT2D eigenvalue weighted by Gasteiger charge is 2.30. The zero-order valence-electron chi connectivity index (χ0n) is 16.2. The van der Waals surface area contributed by atoms with Crippen LogP contribution in [0.5, 0.6) is 0 Å². The summed E-state index contributed by atoms with van der Waals surface area (Å²) >= 11 is 0. The molecule has 2 aromatic rings. The van der Waals surface area contributed by atoms with E-state index >= 15 is 0 Å². The lowest BCUT2D eigenvalue weighted by Gasteiger charge is -2.39. The van der Waals surface area contributed by atoms with Gasteiger partial charge in [0.1, 0.15) is 6.61 Å². The lowest BCUT2D eigenvalue weighted by Crippen LogP contribution is -2.47. The van der Waals surface area contributed by atoms with Crippen molar-refractivity contribution in [2.45, 2.75) is 38.3 Å². The van der Waals surface area contributed by atoms with Gasteiger partial charge in [0.15, 0.2) is 0 Å². The molecule has 0 radical (unpaired) electrons. The zero-order valence-corrected chi connectivity index (χ0v) is 16.2. The molecule has 0 amide bonds. The van der Waals surface area contributed by atoms with Gasteiger partial charge in [-0.2, -0.15) is 0 Å². The molecule has 0 saturated carbocycles. The minimum Gasteiger partial charge on any atom is -0.464 e. The van der Waals surface area contributed by atoms with Crippen LogP contribution in [0.25, 0.3) is 0 Å². The Morgan fingerprint density at radius 2 is 1.81 bits per heavy atom. The molecule has 1 saturated heterocycles. The lowest BCUT2D eigenvalue weighted by molar-refractivity contribution is -0.147. The molecule has 4 heteroatoms. The van der Waals surface area contributed by atoms with E-state index < -0.39 is 0 Å². The number of hydrogen-bond acceptors (Lipinski definition) is 4. The van der Waals surface area contributed by atoms with Crippen molar-refractivity contribution in [3.05, 3.63) is 71.8 Å². The fourth-order valence-corrected chi connectivity index (χ4v) is 3.75. The second-order valence-corrected chi connectivity index (χ2v) is 7.02. The van der Waals surface area contributed by atoms with E-state index in [4.69, 9.17) is 9.47 Å². The first kappa shape index (κ1) is 19.6. The average molecular weight is 367 g/mol. The van der Waals surface area contributed by atoms with Gasteiger partial charge in [0, 0.05) is 19.1 Å². The van der Waals surface area contributed by atoms with Crippen LogP contribution < -0.4 is 0 Å². The minimum atomic E-state index is -0.189. The van der Waals surface area contributed by atoms with Gasteiger partial charge in [0.25, 0.3) is 0 Å². The van der Waals surface area contributed by atoms with Crippen molar-refractivity contribution in [3.8, 4) is 0 Å². The van der Waals surface area contributed by atoms with E-state index in [-0.39, 0.29) is 24.0 Å². The Morgan fingerprint density at radius 3 is 2.48 bits per heavy atom. The Balaban J connectivity index is 1.53. The Bertz CT molecular complexity index is 704. The molecule has 1 aliphatic heterocycles. The van der Waals surface area contributed by atoms with E-state index in [9.17, 15) is 4.79 Å². The Hall–Kier alpha value is -2.17. The molecular formula is C23H29NO3. The van der Waals surface area contributed by atoms with Crippen LogP contribution >= 0.6 is 0 Å². The largest absolute Gasteiger partial charge is 0.464 e. The molecule has 3 atom stereocenters. The van der Waals surface area contributed by atoms with Crippen molar-refractivity contribution in [2.75, 3.05) is 26.3 Å². The molecule has 0 spiro atoms. The monoisotopic (exact) mass is 367 g/mol. The number of rotatable bonds is 7. The molecule has 1 fully saturated rings. The van der Waals surface area contributed by atoms with Crippen molar-refractivity contribution in [1.82, 2.24) is 4.90 Å². The molecule has 0 N–H and O–H groups in total.